The Morgan fingerprint density at radius 1 is 1.33 bits per heavy atom. The number of hydrogen-bond acceptors (Lipinski definition) is 2. The fourth-order valence-electron chi connectivity index (χ4n) is 0.976. The van der Waals surface area contributed by atoms with Gasteiger partial charge in [-0.25, -0.2) is 0 Å². The first-order valence-corrected chi connectivity index (χ1v) is 4.22. The van der Waals surface area contributed by atoms with Gasteiger partial charge in [0.15, 0.2) is 0 Å². The third kappa shape index (κ3) is 2.81. The minimum atomic E-state index is -0.453. The number of aliphatic hydroxyl groups is 1. The van der Waals surface area contributed by atoms with Crippen LogP contribution in [-0.4, -0.2) is 17.8 Å². The largest absolute Gasteiger partial charge is 0.391 e. The maximum Gasteiger partial charge on any atom is 0.0702 e. The molecule has 2 nitrogen and oxygen atoms in total. The normalized spacial score (nSPS) is 12.9. The van der Waals surface area contributed by atoms with E-state index in [2.05, 4.69) is 0 Å². The molecule has 0 radical (unpaired) electrons. The highest BCUT2D eigenvalue weighted by atomic mass is 35.5. The summed E-state index contributed by atoms with van der Waals surface area (Å²) in [7, 11) is 0. The van der Waals surface area contributed by atoms with Crippen molar-refractivity contribution in [2.45, 2.75) is 12.5 Å². The van der Waals surface area contributed by atoms with Crippen molar-refractivity contribution in [3.63, 3.8) is 0 Å². The predicted molar refractivity (Wildman–Crippen MR) is 50.2 cm³/mol. The minimum Gasteiger partial charge on any atom is -0.391 e. The van der Waals surface area contributed by atoms with Crippen LogP contribution in [0.15, 0.2) is 24.3 Å². The first-order chi connectivity index (χ1) is 5.72. The summed E-state index contributed by atoms with van der Waals surface area (Å²) in [5, 5.41) is 9.93. The van der Waals surface area contributed by atoms with Crippen molar-refractivity contribution >= 4 is 11.6 Å². The maximum absolute atomic E-state index is 9.22. The van der Waals surface area contributed by atoms with Crippen molar-refractivity contribution in [3.8, 4) is 0 Å². The summed E-state index contributed by atoms with van der Waals surface area (Å²) in [4.78, 5) is 0. The molecule has 0 aliphatic rings. The van der Waals surface area contributed by atoms with Crippen LogP contribution in [0, 0.1) is 0 Å². The van der Waals surface area contributed by atoms with Gasteiger partial charge in [-0.15, -0.1) is 0 Å². The Morgan fingerprint density at radius 2 is 1.92 bits per heavy atom. The molecule has 1 unspecified atom stereocenters. The Hall–Kier alpha value is -0.570. The van der Waals surface area contributed by atoms with Crippen molar-refractivity contribution in [1.29, 1.82) is 0 Å². The lowest BCUT2D eigenvalue weighted by atomic mass is 10.1. The van der Waals surface area contributed by atoms with E-state index >= 15 is 0 Å². The Kier molecular flexibility index (Phi) is 3.53. The monoisotopic (exact) mass is 185 g/mol. The summed E-state index contributed by atoms with van der Waals surface area (Å²) in [6.07, 6.45) is 0.138. The molecule has 0 bridgehead atoms. The van der Waals surface area contributed by atoms with Crippen LogP contribution in [0.4, 0.5) is 0 Å². The van der Waals surface area contributed by atoms with Crippen LogP contribution in [-0.2, 0) is 6.42 Å². The Balaban J connectivity index is 2.58. The van der Waals surface area contributed by atoms with Crippen molar-refractivity contribution in [3.05, 3.63) is 34.9 Å². The second-order valence-electron chi connectivity index (χ2n) is 2.72. The molecule has 3 N–H and O–H groups in total. The molecule has 12 heavy (non-hydrogen) atoms. The van der Waals surface area contributed by atoms with E-state index in [1.807, 2.05) is 12.1 Å². The molecule has 1 rings (SSSR count). The van der Waals surface area contributed by atoms with Crippen LogP contribution in [0.3, 0.4) is 0 Å². The molecule has 3 heteroatoms. The number of aliphatic hydroxyl groups excluding tert-OH is 1. The topological polar surface area (TPSA) is 46.2 Å². The van der Waals surface area contributed by atoms with Crippen LogP contribution in [0.5, 0.6) is 0 Å². The van der Waals surface area contributed by atoms with E-state index in [0.29, 0.717) is 18.0 Å². The SMILES string of the molecule is NCC(O)Cc1ccc(Cl)cc1. The molecule has 0 amide bonds. The molecule has 0 heterocycles. The van der Waals surface area contributed by atoms with Gasteiger partial charge in [-0.1, -0.05) is 23.7 Å². The van der Waals surface area contributed by atoms with Gasteiger partial charge in [0, 0.05) is 11.6 Å². The van der Waals surface area contributed by atoms with Gasteiger partial charge >= 0.3 is 0 Å². The molecule has 0 fully saturated rings. The molecule has 0 saturated carbocycles. The van der Waals surface area contributed by atoms with Gasteiger partial charge in [0.2, 0.25) is 0 Å². The Morgan fingerprint density at radius 3 is 2.42 bits per heavy atom. The molecule has 0 aliphatic heterocycles. The summed E-state index contributed by atoms with van der Waals surface area (Å²) in [6.45, 7) is 0.294. The number of benzene rings is 1. The van der Waals surface area contributed by atoms with Crippen molar-refractivity contribution < 1.29 is 5.11 Å². The first kappa shape index (κ1) is 9.52. The first-order valence-electron chi connectivity index (χ1n) is 3.85. The fraction of sp³-hybridized carbons (Fsp3) is 0.333. The minimum absolute atomic E-state index is 0.294. The van der Waals surface area contributed by atoms with Gasteiger partial charge in [-0.2, -0.15) is 0 Å². The summed E-state index contributed by atoms with van der Waals surface area (Å²) >= 11 is 5.69. The second kappa shape index (κ2) is 4.45. The second-order valence-corrected chi connectivity index (χ2v) is 3.16. The van der Waals surface area contributed by atoms with Gasteiger partial charge in [-0.3, -0.25) is 0 Å². The standard InChI is InChI=1S/C9H12ClNO/c10-8-3-1-7(2-4-8)5-9(12)6-11/h1-4,9,12H,5-6,11H2. The average Bonchev–Trinajstić information content (AvgIpc) is 2.09. The average molecular weight is 186 g/mol. The molecular formula is C9H12ClNO. The van der Waals surface area contributed by atoms with Gasteiger partial charge in [0.05, 0.1) is 6.10 Å². The van der Waals surface area contributed by atoms with Gasteiger partial charge in [-0.05, 0) is 24.1 Å². The number of rotatable bonds is 3. The zero-order valence-electron chi connectivity index (χ0n) is 6.70. The number of hydrogen-bond donors (Lipinski definition) is 2. The molecule has 0 spiro atoms. The van der Waals surface area contributed by atoms with Crippen LogP contribution in [0.1, 0.15) is 5.56 Å². The van der Waals surface area contributed by atoms with E-state index in [4.69, 9.17) is 17.3 Å². The Bertz CT molecular complexity index is 235. The van der Waals surface area contributed by atoms with E-state index < -0.39 is 6.10 Å². The molecule has 0 saturated heterocycles. The number of nitrogens with two attached hydrogens (primary N) is 1. The number of halogens is 1. The lowest BCUT2D eigenvalue weighted by Gasteiger charge is -2.06. The predicted octanol–water partition coefficient (Wildman–Crippen LogP) is 1.20. The van der Waals surface area contributed by atoms with E-state index in [1.54, 1.807) is 12.1 Å². The zero-order chi connectivity index (χ0) is 8.97. The van der Waals surface area contributed by atoms with E-state index in [-0.39, 0.29) is 0 Å². The molecule has 1 aromatic carbocycles. The van der Waals surface area contributed by atoms with Crippen molar-refractivity contribution in [1.82, 2.24) is 0 Å². The molecule has 1 aromatic rings. The highest BCUT2D eigenvalue weighted by molar-refractivity contribution is 6.30. The van der Waals surface area contributed by atoms with Gasteiger partial charge < -0.3 is 10.8 Å². The zero-order valence-corrected chi connectivity index (χ0v) is 7.46. The summed E-state index contributed by atoms with van der Waals surface area (Å²) in [5.41, 5.74) is 6.33. The molecule has 1 atom stereocenters. The fourth-order valence-corrected chi connectivity index (χ4v) is 1.10. The third-order valence-electron chi connectivity index (χ3n) is 1.66. The Labute approximate surface area is 77.0 Å². The lowest BCUT2D eigenvalue weighted by molar-refractivity contribution is 0.183. The van der Waals surface area contributed by atoms with Crippen LogP contribution in [0.25, 0.3) is 0 Å². The molecule has 0 aromatic heterocycles. The van der Waals surface area contributed by atoms with E-state index in [0.717, 1.165) is 5.56 Å². The molecular weight excluding hydrogens is 174 g/mol. The quantitative estimate of drug-likeness (QED) is 0.744. The highest BCUT2D eigenvalue weighted by Crippen LogP contribution is 2.10. The molecule has 0 aliphatic carbocycles. The van der Waals surface area contributed by atoms with Crippen LogP contribution < -0.4 is 5.73 Å². The highest BCUT2D eigenvalue weighted by Gasteiger charge is 2.01. The lowest BCUT2D eigenvalue weighted by Crippen LogP contribution is -2.21. The van der Waals surface area contributed by atoms with E-state index in [1.165, 1.54) is 0 Å². The van der Waals surface area contributed by atoms with Crippen LogP contribution >= 0.6 is 11.6 Å². The molecule has 66 valence electrons. The summed E-state index contributed by atoms with van der Waals surface area (Å²) in [5.74, 6) is 0. The van der Waals surface area contributed by atoms with E-state index in [9.17, 15) is 5.11 Å². The van der Waals surface area contributed by atoms with Gasteiger partial charge in [0.1, 0.15) is 0 Å². The van der Waals surface area contributed by atoms with Crippen molar-refractivity contribution in [2.24, 2.45) is 5.73 Å². The summed E-state index contributed by atoms with van der Waals surface area (Å²) in [6, 6.07) is 7.39. The van der Waals surface area contributed by atoms with Crippen molar-refractivity contribution in [2.75, 3.05) is 6.54 Å². The smallest absolute Gasteiger partial charge is 0.0702 e. The maximum atomic E-state index is 9.22. The third-order valence-corrected chi connectivity index (χ3v) is 1.91. The summed E-state index contributed by atoms with van der Waals surface area (Å²) < 4.78 is 0. The van der Waals surface area contributed by atoms with Gasteiger partial charge in [0.25, 0.3) is 0 Å². The van der Waals surface area contributed by atoms with Crippen LogP contribution in [0.2, 0.25) is 5.02 Å².